The van der Waals surface area contributed by atoms with Crippen LogP contribution in [0.1, 0.15) is 6.92 Å². The fraction of sp³-hybridized carbons (Fsp3) is 1.00. The molecule has 4 heteroatoms. The van der Waals surface area contributed by atoms with Crippen LogP contribution in [0.3, 0.4) is 0 Å². The highest BCUT2D eigenvalue weighted by Crippen LogP contribution is 2.03. The minimum atomic E-state index is -2.08. The van der Waals surface area contributed by atoms with Crippen LogP contribution in [0.4, 0.5) is 8.96 Å². The largest absolute Gasteiger partial charge is 0.278 e. The van der Waals surface area contributed by atoms with Crippen molar-refractivity contribution in [1.29, 1.82) is 0 Å². The summed E-state index contributed by atoms with van der Waals surface area (Å²) in [6.07, 6.45) is 0. The molecular formula is C3H9F2N2+. The highest BCUT2D eigenvalue weighted by atomic mass is 19.4. The van der Waals surface area contributed by atoms with Crippen molar-refractivity contribution < 1.29 is 13.9 Å². The number of nitrogens with two attached hydrogens (primary N) is 1. The van der Waals surface area contributed by atoms with E-state index in [2.05, 4.69) is 5.73 Å². The van der Waals surface area contributed by atoms with Crippen LogP contribution >= 0.6 is 0 Å². The van der Waals surface area contributed by atoms with Crippen LogP contribution in [-0.4, -0.2) is 18.1 Å². The maximum absolute atomic E-state index is 11.7. The third-order valence-corrected chi connectivity index (χ3v) is 0.730. The SMILES string of the molecule is CC[N+](F)(F)CN. The first-order valence-electron chi connectivity index (χ1n) is 2.09. The molecular weight excluding hydrogens is 102 g/mol. The van der Waals surface area contributed by atoms with Gasteiger partial charge in [-0.3, -0.25) is 5.73 Å². The van der Waals surface area contributed by atoms with Crippen molar-refractivity contribution in [1.82, 2.24) is 0 Å². The van der Waals surface area contributed by atoms with Gasteiger partial charge < -0.3 is 0 Å². The van der Waals surface area contributed by atoms with Gasteiger partial charge in [0.1, 0.15) is 0 Å². The van der Waals surface area contributed by atoms with E-state index >= 15 is 0 Å². The minimum Gasteiger partial charge on any atom is -0.278 e. The lowest BCUT2D eigenvalue weighted by atomic mass is 10.7. The lowest BCUT2D eigenvalue weighted by Gasteiger charge is -2.05. The average Bonchev–Trinajstić information content (AvgIpc) is 1.68. The highest BCUT2D eigenvalue weighted by molar-refractivity contribution is 4.02. The van der Waals surface area contributed by atoms with Gasteiger partial charge in [0, 0.05) is 8.96 Å². The van der Waals surface area contributed by atoms with Gasteiger partial charge in [-0.15, -0.1) is 0 Å². The molecule has 0 amide bonds. The molecule has 0 radical (unpaired) electrons. The van der Waals surface area contributed by atoms with E-state index in [1.54, 1.807) is 0 Å². The molecule has 0 bridgehead atoms. The molecule has 0 aliphatic rings. The Balaban J connectivity index is 3.36. The molecule has 0 aromatic carbocycles. The van der Waals surface area contributed by atoms with E-state index in [0.29, 0.717) is 0 Å². The molecule has 7 heavy (non-hydrogen) atoms. The maximum Gasteiger partial charge on any atom is 0.206 e. The molecule has 0 spiro atoms. The molecule has 0 saturated carbocycles. The molecule has 2 N–H and O–H groups in total. The predicted molar refractivity (Wildman–Crippen MR) is 22.1 cm³/mol. The van der Waals surface area contributed by atoms with Gasteiger partial charge in [-0.25, -0.2) is 0 Å². The Morgan fingerprint density at radius 3 is 2.00 bits per heavy atom. The molecule has 0 aromatic heterocycles. The Morgan fingerprint density at radius 1 is 1.57 bits per heavy atom. The zero-order chi connectivity index (χ0) is 5.91. The maximum atomic E-state index is 11.7. The van der Waals surface area contributed by atoms with E-state index in [0.717, 1.165) is 0 Å². The van der Waals surface area contributed by atoms with Crippen LogP contribution in [0.2, 0.25) is 0 Å². The second kappa shape index (κ2) is 2.18. The fourth-order valence-electron chi connectivity index (χ4n) is 0.129. The summed E-state index contributed by atoms with van der Waals surface area (Å²) in [5.74, 6) is 0. The van der Waals surface area contributed by atoms with Crippen LogP contribution in [0.25, 0.3) is 0 Å². The third-order valence-electron chi connectivity index (χ3n) is 0.730. The molecule has 0 aliphatic heterocycles. The lowest BCUT2D eigenvalue weighted by molar-refractivity contribution is -1.17. The van der Waals surface area contributed by atoms with Crippen LogP contribution < -0.4 is 5.73 Å². The highest BCUT2D eigenvalue weighted by Gasteiger charge is 2.22. The first kappa shape index (κ1) is 6.78. The van der Waals surface area contributed by atoms with Gasteiger partial charge in [0.05, 0.1) is 4.93 Å². The van der Waals surface area contributed by atoms with E-state index in [1.807, 2.05) is 0 Å². The molecule has 0 aliphatic carbocycles. The average molecular weight is 111 g/mol. The number of rotatable bonds is 2. The van der Waals surface area contributed by atoms with E-state index in [9.17, 15) is 8.96 Å². The smallest absolute Gasteiger partial charge is 0.206 e. The summed E-state index contributed by atoms with van der Waals surface area (Å²) in [5.41, 5.74) is 4.64. The Labute approximate surface area is 41.0 Å². The molecule has 0 aromatic rings. The predicted octanol–water partition coefficient (Wildman–Crippen LogP) is 0.508. The standard InChI is InChI=1S/C3H9F2N2/c1-2-7(4,5)3-6/h2-3,6H2,1H3/q+1. The molecule has 0 atom stereocenters. The van der Waals surface area contributed by atoms with E-state index in [1.165, 1.54) is 6.92 Å². The van der Waals surface area contributed by atoms with Crippen LogP contribution in [0, 0.1) is 0 Å². The summed E-state index contributed by atoms with van der Waals surface area (Å²) in [5, 5.41) is 0. The van der Waals surface area contributed by atoms with Gasteiger partial charge >= 0.3 is 0 Å². The molecule has 0 saturated heterocycles. The number of nitrogens with zero attached hydrogens (tertiary/aromatic N) is 1. The van der Waals surface area contributed by atoms with Crippen molar-refractivity contribution in [3.63, 3.8) is 0 Å². The summed E-state index contributed by atoms with van der Waals surface area (Å²) < 4.78 is 23.4. The molecule has 0 heterocycles. The molecule has 0 unspecified atom stereocenters. The zero-order valence-electron chi connectivity index (χ0n) is 4.19. The van der Waals surface area contributed by atoms with Crippen molar-refractivity contribution in [2.45, 2.75) is 6.92 Å². The van der Waals surface area contributed by atoms with Crippen molar-refractivity contribution in [3.05, 3.63) is 0 Å². The Hall–Kier alpha value is -0.220. The van der Waals surface area contributed by atoms with Gasteiger partial charge in [-0.1, -0.05) is 0 Å². The minimum absolute atomic E-state index is 0.226. The summed E-state index contributed by atoms with van der Waals surface area (Å²) in [6.45, 7) is 0.555. The van der Waals surface area contributed by atoms with Gasteiger partial charge in [0.15, 0.2) is 6.54 Å². The second-order valence-corrected chi connectivity index (χ2v) is 1.26. The van der Waals surface area contributed by atoms with E-state index in [4.69, 9.17) is 0 Å². The van der Waals surface area contributed by atoms with E-state index in [-0.39, 0.29) is 6.54 Å². The fourth-order valence-corrected chi connectivity index (χ4v) is 0.129. The van der Waals surface area contributed by atoms with E-state index < -0.39 is 11.6 Å². The number of hydrogen-bond acceptors (Lipinski definition) is 1. The summed E-state index contributed by atoms with van der Waals surface area (Å²) >= 11 is 0. The van der Waals surface area contributed by atoms with Gasteiger partial charge in [0.25, 0.3) is 0 Å². The Morgan fingerprint density at radius 2 is 2.00 bits per heavy atom. The van der Waals surface area contributed by atoms with Crippen LogP contribution in [0.15, 0.2) is 0 Å². The third kappa shape index (κ3) is 2.47. The van der Waals surface area contributed by atoms with Gasteiger partial charge in [-0.05, 0) is 6.92 Å². The number of quaternary nitrogens is 1. The molecule has 0 fully saturated rings. The lowest BCUT2D eigenvalue weighted by Crippen LogP contribution is -2.35. The van der Waals surface area contributed by atoms with Crippen molar-refractivity contribution >= 4 is 0 Å². The first-order valence-corrected chi connectivity index (χ1v) is 2.09. The van der Waals surface area contributed by atoms with Gasteiger partial charge in [0.2, 0.25) is 6.67 Å². The monoisotopic (exact) mass is 111 g/mol. The quantitative estimate of drug-likeness (QED) is 0.407. The molecule has 0 rings (SSSR count). The molecule has 44 valence electrons. The number of halogens is 2. The van der Waals surface area contributed by atoms with Crippen molar-refractivity contribution in [2.75, 3.05) is 13.2 Å². The topological polar surface area (TPSA) is 26.0 Å². The van der Waals surface area contributed by atoms with Crippen LogP contribution in [0.5, 0.6) is 0 Å². The first-order chi connectivity index (χ1) is 3.12. The van der Waals surface area contributed by atoms with Crippen LogP contribution in [-0.2, 0) is 0 Å². The van der Waals surface area contributed by atoms with Crippen molar-refractivity contribution in [2.24, 2.45) is 5.73 Å². The second-order valence-electron chi connectivity index (χ2n) is 1.26. The van der Waals surface area contributed by atoms with Crippen molar-refractivity contribution in [3.8, 4) is 0 Å². The summed E-state index contributed by atoms with van der Waals surface area (Å²) in [6, 6.07) is 0. The summed E-state index contributed by atoms with van der Waals surface area (Å²) in [4.78, 5) is -2.08. The summed E-state index contributed by atoms with van der Waals surface area (Å²) in [7, 11) is 0. The molecule has 2 nitrogen and oxygen atoms in total. The Kier molecular flexibility index (Phi) is 2.11. The zero-order valence-corrected chi connectivity index (χ0v) is 4.19. The Bertz CT molecular complexity index is 48.9. The number of hydrogen-bond donors (Lipinski definition) is 1. The normalized spacial score (nSPS) is 12.0. The van der Waals surface area contributed by atoms with Gasteiger partial charge in [-0.2, -0.15) is 0 Å².